The summed E-state index contributed by atoms with van der Waals surface area (Å²) < 4.78 is 28.6. The number of nitrogens with zero attached hydrogens (tertiary/aromatic N) is 2. The van der Waals surface area contributed by atoms with Gasteiger partial charge in [0.1, 0.15) is 12.6 Å². The summed E-state index contributed by atoms with van der Waals surface area (Å²) in [4.78, 5) is 28.5. The van der Waals surface area contributed by atoms with Crippen molar-refractivity contribution in [1.82, 2.24) is 10.2 Å². The molecular formula is C29H33Cl2N3O4S. The van der Waals surface area contributed by atoms with Crippen LogP contribution in [0, 0.1) is 6.92 Å². The van der Waals surface area contributed by atoms with Gasteiger partial charge in [0.25, 0.3) is 10.0 Å². The molecule has 1 N–H and O–H groups in total. The second-order valence-corrected chi connectivity index (χ2v) is 13.0. The molecule has 3 aromatic carbocycles. The standard InChI is InChI=1S/C29H33Cl2N3O4S/c1-20-11-9-10-12-22(20)18-33(21(2)28(36)32-29(3,4)5)27(35)19-34(23-15-16-25(30)26(31)17-23)39(37,38)24-13-7-6-8-14-24/h6-17,21H,18-19H2,1-5H3,(H,32,36). The van der Waals surface area contributed by atoms with Crippen LogP contribution in [0.15, 0.2) is 77.7 Å². The topological polar surface area (TPSA) is 86.8 Å². The zero-order valence-electron chi connectivity index (χ0n) is 22.6. The van der Waals surface area contributed by atoms with Crippen LogP contribution in [0.4, 0.5) is 5.69 Å². The van der Waals surface area contributed by atoms with Crippen molar-refractivity contribution >= 4 is 50.7 Å². The third kappa shape index (κ3) is 7.75. The van der Waals surface area contributed by atoms with Gasteiger partial charge in [-0.3, -0.25) is 13.9 Å². The van der Waals surface area contributed by atoms with Crippen molar-refractivity contribution in [2.45, 2.75) is 57.6 Å². The number of nitrogens with one attached hydrogen (secondary N) is 1. The Morgan fingerprint density at radius 1 is 0.923 bits per heavy atom. The first-order valence-corrected chi connectivity index (χ1v) is 14.6. The lowest BCUT2D eigenvalue weighted by molar-refractivity contribution is -0.140. The fraction of sp³-hybridized carbons (Fsp3) is 0.310. The Labute approximate surface area is 240 Å². The number of aryl methyl sites for hydroxylation is 1. The summed E-state index contributed by atoms with van der Waals surface area (Å²) in [6.07, 6.45) is 0. The van der Waals surface area contributed by atoms with Gasteiger partial charge in [0.05, 0.1) is 20.6 Å². The van der Waals surface area contributed by atoms with Gasteiger partial charge in [0, 0.05) is 12.1 Å². The summed E-state index contributed by atoms with van der Waals surface area (Å²) in [6.45, 7) is 8.65. The molecule has 0 radical (unpaired) electrons. The van der Waals surface area contributed by atoms with E-state index in [1.54, 1.807) is 25.1 Å². The third-order valence-electron chi connectivity index (χ3n) is 6.07. The van der Waals surface area contributed by atoms with Crippen molar-refractivity contribution in [1.29, 1.82) is 0 Å². The number of sulfonamides is 1. The van der Waals surface area contributed by atoms with Gasteiger partial charge in [-0.1, -0.05) is 65.7 Å². The molecule has 0 aromatic heterocycles. The Balaban J connectivity index is 2.06. The SMILES string of the molecule is Cc1ccccc1CN(C(=O)CN(c1ccc(Cl)c(Cl)c1)S(=O)(=O)c1ccccc1)C(C)C(=O)NC(C)(C)C. The van der Waals surface area contributed by atoms with Crippen molar-refractivity contribution in [3.63, 3.8) is 0 Å². The van der Waals surface area contributed by atoms with Gasteiger partial charge in [-0.15, -0.1) is 0 Å². The lowest BCUT2D eigenvalue weighted by Gasteiger charge is -2.33. The van der Waals surface area contributed by atoms with Crippen LogP contribution in [0.25, 0.3) is 0 Å². The van der Waals surface area contributed by atoms with E-state index >= 15 is 0 Å². The predicted octanol–water partition coefficient (Wildman–Crippen LogP) is 5.83. The Morgan fingerprint density at radius 3 is 2.13 bits per heavy atom. The maximum absolute atomic E-state index is 14.0. The second-order valence-electron chi connectivity index (χ2n) is 10.3. The molecule has 2 amide bonds. The van der Waals surface area contributed by atoms with Gasteiger partial charge in [0.15, 0.2) is 0 Å². The minimum Gasteiger partial charge on any atom is -0.350 e. The third-order valence-corrected chi connectivity index (χ3v) is 8.60. The van der Waals surface area contributed by atoms with E-state index in [2.05, 4.69) is 5.32 Å². The summed E-state index contributed by atoms with van der Waals surface area (Å²) in [7, 11) is -4.18. The normalized spacial score (nSPS) is 12.5. The molecule has 0 aliphatic carbocycles. The molecule has 0 spiro atoms. The Bertz CT molecular complexity index is 1440. The van der Waals surface area contributed by atoms with Gasteiger partial charge in [-0.2, -0.15) is 0 Å². The Morgan fingerprint density at radius 2 is 1.54 bits per heavy atom. The number of amides is 2. The van der Waals surface area contributed by atoms with E-state index in [0.717, 1.165) is 15.4 Å². The highest BCUT2D eigenvalue weighted by molar-refractivity contribution is 7.92. The second kappa shape index (κ2) is 12.4. The monoisotopic (exact) mass is 589 g/mol. The number of anilines is 1. The molecule has 1 atom stereocenters. The summed E-state index contributed by atoms with van der Waals surface area (Å²) >= 11 is 12.3. The molecule has 208 valence electrons. The number of carbonyl (C=O) groups excluding carboxylic acids is 2. The molecule has 0 aliphatic heterocycles. The molecular weight excluding hydrogens is 557 g/mol. The Hall–Kier alpha value is -3.07. The molecule has 3 rings (SSSR count). The molecule has 10 heteroatoms. The van der Waals surface area contributed by atoms with Gasteiger partial charge < -0.3 is 10.2 Å². The van der Waals surface area contributed by atoms with E-state index in [-0.39, 0.29) is 33.1 Å². The van der Waals surface area contributed by atoms with Crippen LogP contribution in [0.2, 0.25) is 10.0 Å². The van der Waals surface area contributed by atoms with E-state index in [1.165, 1.54) is 35.2 Å². The van der Waals surface area contributed by atoms with Gasteiger partial charge in [0.2, 0.25) is 11.8 Å². The maximum Gasteiger partial charge on any atom is 0.264 e. The average molecular weight is 591 g/mol. The first-order chi connectivity index (χ1) is 18.2. The molecule has 0 aliphatic rings. The van der Waals surface area contributed by atoms with Crippen LogP contribution in [0.1, 0.15) is 38.8 Å². The van der Waals surface area contributed by atoms with Crippen molar-refractivity contribution < 1.29 is 18.0 Å². The predicted molar refractivity (Wildman–Crippen MR) is 157 cm³/mol. The van der Waals surface area contributed by atoms with Crippen LogP contribution >= 0.6 is 23.2 Å². The summed E-state index contributed by atoms with van der Waals surface area (Å²) in [6, 6.07) is 18.8. The zero-order valence-corrected chi connectivity index (χ0v) is 24.9. The quantitative estimate of drug-likeness (QED) is 0.340. The van der Waals surface area contributed by atoms with Crippen molar-refractivity contribution in [2.24, 2.45) is 0 Å². The fourth-order valence-corrected chi connectivity index (χ4v) is 5.64. The molecule has 0 saturated carbocycles. The first kappa shape index (κ1) is 30.5. The number of carbonyl (C=O) groups is 2. The molecule has 39 heavy (non-hydrogen) atoms. The lowest BCUT2D eigenvalue weighted by atomic mass is 10.1. The van der Waals surface area contributed by atoms with Crippen LogP contribution in [0.5, 0.6) is 0 Å². The summed E-state index contributed by atoms with van der Waals surface area (Å²) in [5.41, 5.74) is 1.43. The van der Waals surface area contributed by atoms with Gasteiger partial charge in [-0.25, -0.2) is 8.42 Å². The largest absolute Gasteiger partial charge is 0.350 e. The van der Waals surface area contributed by atoms with Gasteiger partial charge >= 0.3 is 0 Å². The minimum atomic E-state index is -4.18. The summed E-state index contributed by atoms with van der Waals surface area (Å²) in [5.74, 6) is -0.906. The number of rotatable bonds is 9. The van der Waals surface area contributed by atoms with Crippen LogP contribution in [-0.2, 0) is 26.2 Å². The van der Waals surface area contributed by atoms with Crippen LogP contribution in [-0.4, -0.2) is 43.3 Å². The lowest BCUT2D eigenvalue weighted by Crippen LogP contribution is -2.54. The maximum atomic E-state index is 14.0. The highest BCUT2D eigenvalue weighted by atomic mass is 35.5. The molecule has 0 bridgehead atoms. The fourth-order valence-electron chi connectivity index (χ4n) is 3.92. The summed E-state index contributed by atoms with van der Waals surface area (Å²) in [5, 5.41) is 3.30. The highest BCUT2D eigenvalue weighted by Gasteiger charge is 2.33. The first-order valence-electron chi connectivity index (χ1n) is 12.4. The van der Waals surface area contributed by atoms with E-state index < -0.39 is 34.1 Å². The van der Waals surface area contributed by atoms with Crippen molar-refractivity contribution in [3.8, 4) is 0 Å². The molecule has 0 fully saturated rings. The number of hydrogen-bond donors (Lipinski definition) is 1. The Kier molecular flexibility index (Phi) is 9.69. The van der Waals surface area contributed by atoms with Crippen molar-refractivity contribution in [3.05, 3.63) is 94.0 Å². The number of halogens is 2. The van der Waals surface area contributed by atoms with E-state index in [0.29, 0.717) is 0 Å². The van der Waals surface area contributed by atoms with E-state index in [4.69, 9.17) is 23.2 Å². The highest BCUT2D eigenvalue weighted by Crippen LogP contribution is 2.31. The smallest absolute Gasteiger partial charge is 0.264 e. The van der Waals surface area contributed by atoms with E-state index in [1.807, 2.05) is 52.0 Å². The number of hydrogen-bond acceptors (Lipinski definition) is 4. The van der Waals surface area contributed by atoms with Crippen LogP contribution in [0.3, 0.4) is 0 Å². The van der Waals surface area contributed by atoms with E-state index in [9.17, 15) is 18.0 Å². The van der Waals surface area contributed by atoms with Gasteiger partial charge in [-0.05, 0) is 76.1 Å². The number of benzene rings is 3. The molecule has 0 heterocycles. The minimum absolute atomic E-state index is 0.00727. The van der Waals surface area contributed by atoms with Crippen LogP contribution < -0.4 is 9.62 Å². The molecule has 0 saturated heterocycles. The average Bonchev–Trinajstić information content (AvgIpc) is 2.87. The molecule has 1 unspecified atom stereocenters. The molecule has 3 aromatic rings. The molecule has 7 nitrogen and oxygen atoms in total. The zero-order chi connectivity index (χ0) is 29.0. The van der Waals surface area contributed by atoms with Crippen molar-refractivity contribution in [2.75, 3.05) is 10.8 Å².